The molecule has 6 rings (SSSR count). The minimum Gasteiger partial charge on any atom is -0.374 e. The normalized spacial score (nSPS) is 27.5. The van der Waals surface area contributed by atoms with Gasteiger partial charge in [0, 0.05) is 81.8 Å². The average molecular weight is 505 g/mol. The second-order valence-corrected chi connectivity index (χ2v) is 11.2. The van der Waals surface area contributed by atoms with Gasteiger partial charge in [-0.15, -0.1) is 0 Å². The molecule has 2 atom stereocenters. The van der Waals surface area contributed by atoms with Gasteiger partial charge in [0.1, 0.15) is 5.82 Å². The first-order valence-corrected chi connectivity index (χ1v) is 14.8. The maximum Gasteiger partial charge on any atom is 0.104 e. The summed E-state index contributed by atoms with van der Waals surface area (Å²) in [5, 5.41) is 11.1. The number of fused-ring (bicyclic) bond motifs is 1. The summed E-state index contributed by atoms with van der Waals surface area (Å²) in [5.74, 6) is 1.36. The van der Waals surface area contributed by atoms with Crippen molar-refractivity contribution < 1.29 is 0 Å². The molecular weight excluding hydrogens is 456 g/mol. The number of likely N-dealkylation sites (tertiary alicyclic amines) is 1. The van der Waals surface area contributed by atoms with Crippen LogP contribution in [0.2, 0.25) is 0 Å². The molecule has 0 aliphatic carbocycles. The number of nitrogens with zero attached hydrogens (tertiary/aromatic N) is 3. The Morgan fingerprint density at radius 2 is 1.81 bits per heavy atom. The van der Waals surface area contributed by atoms with Crippen LogP contribution in [0.3, 0.4) is 0 Å². The number of allylic oxidation sites excluding steroid dienone is 2. The second-order valence-electron chi connectivity index (χ2n) is 11.2. The van der Waals surface area contributed by atoms with Gasteiger partial charge in [0.15, 0.2) is 0 Å². The SMILES string of the molecule is CC.CCc1ccc2c(c1)NC(C1=CC=C(N3CCNCC3)N(C)C1)C=C2N1CCC2(CCCNC2)C1. The molecule has 37 heavy (non-hydrogen) atoms. The fourth-order valence-corrected chi connectivity index (χ4v) is 6.77. The summed E-state index contributed by atoms with van der Waals surface area (Å²) < 4.78 is 0. The summed E-state index contributed by atoms with van der Waals surface area (Å²) in [4.78, 5) is 7.65. The number of rotatable bonds is 4. The molecule has 5 aliphatic heterocycles. The van der Waals surface area contributed by atoms with Gasteiger partial charge in [-0.25, -0.2) is 0 Å². The molecule has 3 fully saturated rings. The van der Waals surface area contributed by atoms with Crippen LogP contribution in [-0.2, 0) is 6.42 Å². The molecule has 0 bridgehead atoms. The highest BCUT2D eigenvalue weighted by atomic mass is 15.3. The van der Waals surface area contributed by atoms with Crippen molar-refractivity contribution in [2.24, 2.45) is 5.41 Å². The van der Waals surface area contributed by atoms with E-state index < -0.39 is 0 Å². The van der Waals surface area contributed by atoms with Crippen LogP contribution >= 0.6 is 0 Å². The summed E-state index contributed by atoms with van der Waals surface area (Å²) in [6, 6.07) is 7.29. The number of piperidine rings is 1. The first-order valence-electron chi connectivity index (χ1n) is 14.8. The molecule has 0 aromatic heterocycles. The first-order chi connectivity index (χ1) is 18.1. The molecule has 1 aromatic carbocycles. The van der Waals surface area contributed by atoms with E-state index >= 15 is 0 Å². The molecule has 5 aliphatic rings. The third-order valence-electron chi connectivity index (χ3n) is 8.84. The molecule has 0 amide bonds. The Labute approximate surface area is 224 Å². The van der Waals surface area contributed by atoms with Crippen LogP contribution in [0, 0.1) is 5.41 Å². The molecule has 5 heterocycles. The minimum absolute atomic E-state index is 0.230. The number of anilines is 1. The summed E-state index contributed by atoms with van der Waals surface area (Å²) in [6.45, 7) is 16.2. The molecule has 0 radical (unpaired) electrons. The number of benzene rings is 1. The van der Waals surface area contributed by atoms with Crippen LogP contribution in [0.4, 0.5) is 5.69 Å². The zero-order chi connectivity index (χ0) is 25.8. The Morgan fingerprint density at radius 1 is 0.973 bits per heavy atom. The van der Waals surface area contributed by atoms with Crippen molar-refractivity contribution in [3.05, 3.63) is 58.9 Å². The quantitative estimate of drug-likeness (QED) is 0.574. The van der Waals surface area contributed by atoms with Crippen LogP contribution in [0.5, 0.6) is 0 Å². The maximum absolute atomic E-state index is 3.92. The van der Waals surface area contributed by atoms with Gasteiger partial charge in [-0.3, -0.25) is 0 Å². The zero-order valence-corrected chi connectivity index (χ0v) is 23.6. The first kappa shape index (κ1) is 26.2. The minimum atomic E-state index is 0.230. The molecule has 1 spiro atoms. The van der Waals surface area contributed by atoms with Crippen LogP contribution in [-0.4, -0.2) is 86.7 Å². The monoisotopic (exact) mass is 504 g/mol. The fourth-order valence-electron chi connectivity index (χ4n) is 6.77. The number of nitrogens with one attached hydrogen (secondary N) is 3. The third-order valence-corrected chi connectivity index (χ3v) is 8.84. The predicted octanol–water partition coefficient (Wildman–Crippen LogP) is 4.10. The largest absolute Gasteiger partial charge is 0.374 e. The molecule has 1 aromatic rings. The highest BCUT2D eigenvalue weighted by molar-refractivity contribution is 5.81. The molecular formula is C31H48N6. The van der Waals surface area contributed by atoms with Crippen molar-refractivity contribution in [1.29, 1.82) is 0 Å². The molecule has 3 N–H and O–H groups in total. The van der Waals surface area contributed by atoms with E-state index in [1.807, 2.05) is 13.8 Å². The van der Waals surface area contributed by atoms with E-state index in [4.69, 9.17) is 0 Å². The molecule has 6 heteroatoms. The van der Waals surface area contributed by atoms with Crippen LogP contribution in [0.15, 0.2) is 47.8 Å². The van der Waals surface area contributed by atoms with E-state index in [1.165, 1.54) is 79.3 Å². The lowest BCUT2D eigenvalue weighted by molar-refractivity contribution is 0.217. The van der Waals surface area contributed by atoms with Gasteiger partial charge >= 0.3 is 0 Å². The molecule has 3 saturated heterocycles. The summed E-state index contributed by atoms with van der Waals surface area (Å²) in [6.07, 6.45) is 12.3. The lowest BCUT2D eigenvalue weighted by atomic mass is 9.80. The van der Waals surface area contributed by atoms with E-state index in [-0.39, 0.29) is 6.04 Å². The summed E-state index contributed by atoms with van der Waals surface area (Å²) in [5.41, 5.74) is 7.42. The van der Waals surface area contributed by atoms with Crippen LogP contribution in [0.25, 0.3) is 5.70 Å². The fraction of sp³-hybridized carbons (Fsp3) is 0.613. The number of likely N-dealkylation sites (N-methyl/N-ethyl adjacent to an activating group) is 1. The van der Waals surface area contributed by atoms with Gasteiger partial charge in [0.25, 0.3) is 0 Å². The van der Waals surface area contributed by atoms with E-state index in [0.29, 0.717) is 5.41 Å². The second kappa shape index (κ2) is 11.5. The van der Waals surface area contributed by atoms with Gasteiger partial charge in [-0.05, 0) is 61.6 Å². The van der Waals surface area contributed by atoms with Crippen molar-refractivity contribution in [1.82, 2.24) is 25.3 Å². The van der Waals surface area contributed by atoms with Gasteiger partial charge in [0.2, 0.25) is 0 Å². The lowest BCUT2D eigenvalue weighted by Gasteiger charge is -2.40. The van der Waals surface area contributed by atoms with Gasteiger partial charge in [-0.2, -0.15) is 0 Å². The van der Waals surface area contributed by atoms with Gasteiger partial charge in [-0.1, -0.05) is 39.0 Å². The Balaban J connectivity index is 0.00000137. The van der Waals surface area contributed by atoms with Crippen molar-refractivity contribution in [2.75, 3.05) is 71.3 Å². The molecule has 202 valence electrons. The smallest absolute Gasteiger partial charge is 0.104 e. The molecule has 0 saturated carbocycles. The Bertz CT molecular complexity index is 1030. The lowest BCUT2D eigenvalue weighted by Crippen LogP contribution is -2.47. The number of aryl methyl sites for hydroxylation is 1. The predicted molar refractivity (Wildman–Crippen MR) is 157 cm³/mol. The van der Waals surface area contributed by atoms with Gasteiger partial charge < -0.3 is 30.7 Å². The highest BCUT2D eigenvalue weighted by Crippen LogP contribution is 2.43. The molecule has 6 nitrogen and oxygen atoms in total. The Morgan fingerprint density at radius 3 is 2.54 bits per heavy atom. The van der Waals surface area contributed by atoms with Crippen molar-refractivity contribution >= 4 is 11.4 Å². The number of hydrogen-bond acceptors (Lipinski definition) is 6. The van der Waals surface area contributed by atoms with Crippen molar-refractivity contribution in [3.63, 3.8) is 0 Å². The third kappa shape index (κ3) is 5.42. The van der Waals surface area contributed by atoms with E-state index in [2.05, 4.69) is 81.0 Å². The van der Waals surface area contributed by atoms with Gasteiger partial charge in [0.05, 0.1) is 6.04 Å². The Hall–Kier alpha value is -2.44. The number of hydrogen-bond donors (Lipinski definition) is 3. The van der Waals surface area contributed by atoms with E-state index in [1.54, 1.807) is 0 Å². The standard InChI is InChI=1S/C29H42N6.C2H6/c1-3-22-5-7-24-26(17-22)32-25(18-27(24)35-14-10-29(21-35)9-4-11-31-20-29)23-6-8-28(33(2)19-23)34-15-12-30-13-16-34;1-2/h5-8,17-18,25,30-32H,3-4,9-16,19-21H2,1-2H3;1-2H3. The van der Waals surface area contributed by atoms with Crippen molar-refractivity contribution in [2.45, 2.75) is 52.5 Å². The van der Waals surface area contributed by atoms with Crippen molar-refractivity contribution in [3.8, 4) is 0 Å². The molecule has 2 unspecified atom stereocenters. The zero-order valence-electron chi connectivity index (χ0n) is 23.6. The Kier molecular flexibility index (Phi) is 8.15. The highest BCUT2D eigenvalue weighted by Gasteiger charge is 2.41. The maximum atomic E-state index is 3.92. The number of piperazine rings is 1. The summed E-state index contributed by atoms with van der Waals surface area (Å²) >= 11 is 0. The van der Waals surface area contributed by atoms with Crippen LogP contribution < -0.4 is 16.0 Å². The topological polar surface area (TPSA) is 45.8 Å². The van der Waals surface area contributed by atoms with E-state index in [0.717, 1.165) is 39.1 Å². The summed E-state index contributed by atoms with van der Waals surface area (Å²) in [7, 11) is 2.25. The van der Waals surface area contributed by atoms with Crippen LogP contribution in [0.1, 0.15) is 51.2 Å². The average Bonchev–Trinajstić information content (AvgIpc) is 3.36. The van der Waals surface area contributed by atoms with E-state index in [9.17, 15) is 0 Å².